The minimum atomic E-state index is 0. The van der Waals surface area contributed by atoms with Crippen LogP contribution in [-0.2, 0) is 6.61 Å². The van der Waals surface area contributed by atoms with Gasteiger partial charge in [-0.15, -0.1) is 12.4 Å². The molecule has 0 bridgehead atoms. The van der Waals surface area contributed by atoms with Crippen molar-refractivity contribution in [2.75, 3.05) is 5.73 Å². The van der Waals surface area contributed by atoms with Gasteiger partial charge >= 0.3 is 0 Å². The molecule has 2 N–H and O–H groups in total. The van der Waals surface area contributed by atoms with Crippen molar-refractivity contribution in [3.63, 3.8) is 0 Å². The summed E-state index contributed by atoms with van der Waals surface area (Å²) in [4.78, 5) is 8.37. The first-order valence-corrected chi connectivity index (χ1v) is 5.43. The van der Waals surface area contributed by atoms with Gasteiger partial charge in [0.25, 0.3) is 0 Å². The Morgan fingerprint density at radius 1 is 1.17 bits per heavy atom. The number of aryl methyl sites for hydroxylation is 2. The van der Waals surface area contributed by atoms with Gasteiger partial charge in [0, 0.05) is 11.8 Å². The third-order valence-electron chi connectivity index (χ3n) is 2.28. The molecule has 0 spiro atoms. The summed E-state index contributed by atoms with van der Waals surface area (Å²) in [6.07, 6.45) is 0. The highest BCUT2D eigenvalue weighted by Gasteiger charge is 2.01. The Balaban J connectivity index is 0.00000162. The molecular weight excluding hydrogens is 250 g/mol. The molecule has 0 aliphatic carbocycles. The monoisotopic (exact) mass is 265 g/mol. The van der Waals surface area contributed by atoms with Crippen molar-refractivity contribution in [1.82, 2.24) is 9.97 Å². The highest BCUT2D eigenvalue weighted by molar-refractivity contribution is 5.85. The van der Waals surface area contributed by atoms with Crippen LogP contribution in [0.2, 0.25) is 0 Å². The van der Waals surface area contributed by atoms with Crippen LogP contribution in [0, 0.1) is 13.8 Å². The average molecular weight is 266 g/mol. The minimum absolute atomic E-state index is 0. The number of hydrogen-bond donors (Lipinski definition) is 1. The Kier molecular flexibility index (Phi) is 4.92. The molecule has 0 amide bonds. The second-order valence-electron chi connectivity index (χ2n) is 3.96. The van der Waals surface area contributed by atoms with Gasteiger partial charge in [-0.3, -0.25) is 0 Å². The molecule has 0 aliphatic rings. The number of benzene rings is 1. The van der Waals surface area contributed by atoms with Crippen LogP contribution in [0.1, 0.15) is 17.1 Å². The predicted molar refractivity (Wildman–Crippen MR) is 73.9 cm³/mol. The third kappa shape index (κ3) is 3.89. The second kappa shape index (κ2) is 6.21. The van der Waals surface area contributed by atoms with Crippen molar-refractivity contribution >= 4 is 18.2 Å². The quantitative estimate of drug-likeness (QED) is 0.927. The van der Waals surface area contributed by atoms with Crippen molar-refractivity contribution in [2.24, 2.45) is 0 Å². The summed E-state index contributed by atoms with van der Waals surface area (Å²) in [7, 11) is 0. The minimum Gasteiger partial charge on any atom is -0.486 e. The van der Waals surface area contributed by atoms with Gasteiger partial charge in [-0.1, -0.05) is 12.1 Å². The van der Waals surface area contributed by atoms with Crippen LogP contribution in [0.15, 0.2) is 30.3 Å². The van der Waals surface area contributed by atoms with E-state index >= 15 is 0 Å². The largest absolute Gasteiger partial charge is 0.486 e. The highest BCUT2D eigenvalue weighted by atomic mass is 35.5. The molecule has 2 rings (SSSR count). The van der Waals surface area contributed by atoms with Gasteiger partial charge in [-0.25, -0.2) is 9.97 Å². The highest BCUT2D eigenvalue weighted by Crippen LogP contribution is 2.13. The fourth-order valence-corrected chi connectivity index (χ4v) is 1.57. The molecular formula is C13H16ClN3O. The maximum absolute atomic E-state index is 5.65. The fourth-order valence-electron chi connectivity index (χ4n) is 1.57. The third-order valence-corrected chi connectivity index (χ3v) is 2.28. The molecule has 1 aromatic carbocycles. The van der Waals surface area contributed by atoms with E-state index in [9.17, 15) is 0 Å². The van der Waals surface area contributed by atoms with Crippen LogP contribution in [0.5, 0.6) is 5.75 Å². The van der Waals surface area contributed by atoms with Crippen molar-refractivity contribution < 1.29 is 4.74 Å². The molecule has 0 fully saturated rings. The molecule has 0 atom stereocenters. The summed E-state index contributed by atoms with van der Waals surface area (Å²) in [5, 5.41) is 0. The van der Waals surface area contributed by atoms with Gasteiger partial charge in [-0.2, -0.15) is 0 Å². The Morgan fingerprint density at radius 3 is 2.61 bits per heavy atom. The van der Waals surface area contributed by atoms with Gasteiger partial charge in [0.05, 0.1) is 0 Å². The molecule has 96 valence electrons. The van der Waals surface area contributed by atoms with E-state index in [2.05, 4.69) is 9.97 Å². The molecule has 4 nitrogen and oxygen atoms in total. The van der Waals surface area contributed by atoms with Crippen molar-refractivity contribution in [3.8, 4) is 5.75 Å². The lowest BCUT2D eigenvalue weighted by Crippen LogP contribution is -2.05. The smallest absolute Gasteiger partial charge is 0.168 e. The fraction of sp³-hybridized carbons (Fsp3) is 0.231. The lowest BCUT2D eigenvalue weighted by atomic mass is 10.2. The molecule has 0 unspecified atom stereocenters. The summed E-state index contributed by atoms with van der Waals surface area (Å²) in [6.45, 7) is 4.23. The topological polar surface area (TPSA) is 61.0 Å². The number of nitrogen functional groups attached to an aromatic ring is 1. The van der Waals surface area contributed by atoms with Gasteiger partial charge < -0.3 is 10.5 Å². The van der Waals surface area contributed by atoms with Crippen molar-refractivity contribution in [2.45, 2.75) is 20.5 Å². The molecule has 0 radical (unpaired) electrons. The summed E-state index contributed by atoms with van der Waals surface area (Å²) < 4.78 is 5.60. The van der Waals surface area contributed by atoms with E-state index in [-0.39, 0.29) is 12.4 Å². The van der Waals surface area contributed by atoms with Crippen LogP contribution in [0.25, 0.3) is 0 Å². The van der Waals surface area contributed by atoms with Crippen molar-refractivity contribution in [3.05, 3.63) is 47.4 Å². The average Bonchev–Trinajstić information content (AvgIpc) is 2.25. The molecule has 2 aromatic rings. The van der Waals surface area contributed by atoms with E-state index in [1.165, 1.54) is 0 Å². The number of rotatable bonds is 3. The summed E-state index contributed by atoms with van der Waals surface area (Å²) >= 11 is 0. The summed E-state index contributed by atoms with van der Waals surface area (Å²) in [5.41, 5.74) is 7.65. The number of nitrogens with two attached hydrogens (primary N) is 1. The zero-order valence-corrected chi connectivity index (χ0v) is 11.2. The molecule has 1 heterocycles. The van der Waals surface area contributed by atoms with Gasteiger partial charge in [0.1, 0.15) is 18.2 Å². The number of aromatic nitrogens is 2. The summed E-state index contributed by atoms with van der Waals surface area (Å²) in [5.74, 6) is 1.89. The number of hydrogen-bond acceptors (Lipinski definition) is 4. The molecule has 5 heteroatoms. The lowest BCUT2D eigenvalue weighted by Gasteiger charge is -2.06. The van der Waals surface area contributed by atoms with Gasteiger partial charge in [-0.05, 0) is 31.5 Å². The van der Waals surface area contributed by atoms with E-state index < -0.39 is 0 Å². The van der Waals surface area contributed by atoms with E-state index in [1.807, 2.05) is 38.1 Å². The Bertz CT molecular complexity index is 511. The lowest BCUT2D eigenvalue weighted by molar-refractivity contribution is 0.295. The normalized spacial score (nSPS) is 9.67. The van der Waals surface area contributed by atoms with Crippen LogP contribution in [0.3, 0.4) is 0 Å². The zero-order valence-electron chi connectivity index (χ0n) is 10.4. The standard InChI is InChI=1S/C13H15N3O.ClH/c1-9-4-3-5-11(6-9)17-8-13-15-10(2)7-12(14)16-13;/h3-7H,8H2,1-2H3,(H2,14,15,16);1H. The van der Waals surface area contributed by atoms with E-state index in [4.69, 9.17) is 10.5 Å². The van der Waals surface area contributed by atoms with E-state index in [0.29, 0.717) is 18.2 Å². The van der Waals surface area contributed by atoms with E-state index in [1.54, 1.807) is 6.07 Å². The maximum Gasteiger partial charge on any atom is 0.168 e. The zero-order chi connectivity index (χ0) is 12.3. The number of anilines is 1. The Hall–Kier alpha value is -1.81. The number of nitrogens with zero attached hydrogens (tertiary/aromatic N) is 2. The van der Waals surface area contributed by atoms with Crippen LogP contribution < -0.4 is 10.5 Å². The van der Waals surface area contributed by atoms with Gasteiger partial charge in [0.15, 0.2) is 5.82 Å². The first-order valence-electron chi connectivity index (χ1n) is 5.43. The Morgan fingerprint density at radius 2 is 1.94 bits per heavy atom. The van der Waals surface area contributed by atoms with Crippen LogP contribution in [0.4, 0.5) is 5.82 Å². The summed E-state index contributed by atoms with van der Waals surface area (Å²) in [6, 6.07) is 9.59. The van der Waals surface area contributed by atoms with Crippen LogP contribution >= 0.6 is 12.4 Å². The van der Waals surface area contributed by atoms with E-state index in [0.717, 1.165) is 17.0 Å². The maximum atomic E-state index is 5.65. The first kappa shape index (κ1) is 14.3. The van der Waals surface area contributed by atoms with Crippen molar-refractivity contribution in [1.29, 1.82) is 0 Å². The SMILES string of the molecule is Cc1cccc(OCc2nc(C)cc(N)n2)c1.Cl. The molecule has 0 saturated heterocycles. The Labute approximate surface area is 113 Å². The molecule has 1 aromatic heterocycles. The number of halogens is 1. The number of ether oxygens (including phenoxy) is 1. The predicted octanol–water partition coefficient (Wildman–Crippen LogP) is 2.68. The molecule has 0 saturated carbocycles. The second-order valence-corrected chi connectivity index (χ2v) is 3.96. The van der Waals surface area contributed by atoms with Crippen LogP contribution in [-0.4, -0.2) is 9.97 Å². The molecule has 0 aliphatic heterocycles. The first-order chi connectivity index (χ1) is 8.13. The van der Waals surface area contributed by atoms with Gasteiger partial charge in [0.2, 0.25) is 0 Å². The molecule has 18 heavy (non-hydrogen) atoms.